The number of carboxylic acid groups (broad SMARTS) is 1. The van der Waals surface area contributed by atoms with Crippen LogP contribution in [0.15, 0.2) is 36.4 Å². The van der Waals surface area contributed by atoms with Crippen molar-refractivity contribution in [2.75, 3.05) is 0 Å². The molecule has 0 bridgehead atoms. The van der Waals surface area contributed by atoms with Crippen LogP contribution in [0.1, 0.15) is 27.2 Å². The van der Waals surface area contributed by atoms with Gasteiger partial charge in [-0.15, -0.1) is 0 Å². The third-order valence-electron chi connectivity index (χ3n) is 3.81. The van der Waals surface area contributed by atoms with Crippen LogP contribution < -0.4 is 0 Å². The van der Waals surface area contributed by atoms with E-state index in [4.69, 9.17) is 23.2 Å². The third-order valence-corrected chi connectivity index (χ3v) is 4.55. The van der Waals surface area contributed by atoms with Crippen molar-refractivity contribution >= 4 is 40.1 Å². The van der Waals surface area contributed by atoms with Crippen LogP contribution in [0, 0.1) is 0 Å². The molecule has 0 aliphatic carbocycles. The molecule has 130 valence electrons. The summed E-state index contributed by atoms with van der Waals surface area (Å²) in [6.07, 6.45) is -4.64. The molecule has 3 nitrogen and oxygen atoms in total. The van der Waals surface area contributed by atoms with Crippen LogP contribution in [0.5, 0.6) is 0 Å². The fourth-order valence-corrected chi connectivity index (χ4v) is 3.09. The van der Waals surface area contributed by atoms with E-state index >= 15 is 0 Å². The van der Waals surface area contributed by atoms with Crippen molar-refractivity contribution in [3.8, 4) is 0 Å². The molecule has 0 saturated carbocycles. The van der Waals surface area contributed by atoms with Gasteiger partial charge < -0.3 is 10.1 Å². The Balaban J connectivity index is 2.25. The summed E-state index contributed by atoms with van der Waals surface area (Å²) in [6, 6.07) is 8.18. The highest BCUT2D eigenvalue weighted by Gasteiger charge is 2.35. The largest absolute Gasteiger partial charge is 0.477 e. The second-order valence-corrected chi connectivity index (χ2v) is 6.25. The van der Waals surface area contributed by atoms with Crippen molar-refractivity contribution in [2.45, 2.75) is 12.6 Å². The molecule has 0 amide bonds. The molecular formula is C17H10Cl2F3NO2. The second-order valence-electron chi connectivity index (χ2n) is 5.43. The van der Waals surface area contributed by atoms with Gasteiger partial charge in [-0.1, -0.05) is 35.3 Å². The van der Waals surface area contributed by atoms with Gasteiger partial charge >= 0.3 is 12.1 Å². The van der Waals surface area contributed by atoms with E-state index in [0.717, 1.165) is 6.07 Å². The fraction of sp³-hybridized carbons (Fsp3) is 0.118. The van der Waals surface area contributed by atoms with Gasteiger partial charge in [0.05, 0.1) is 15.6 Å². The van der Waals surface area contributed by atoms with Gasteiger partial charge in [-0.2, -0.15) is 13.2 Å². The number of aromatic nitrogens is 1. The summed E-state index contributed by atoms with van der Waals surface area (Å²) >= 11 is 11.8. The van der Waals surface area contributed by atoms with Gasteiger partial charge in [0.25, 0.3) is 0 Å². The van der Waals surface area contributed by atoms with Gasteiger partial charge in [0, 0.05) is 17.3 Å². The molecule has 2 aromatic carbocycles. The Labute approximate surface area is 150 Å². The van der Waals surface area contributed by atoms with E-state index in [-0.39, 0.29) is 33.6 Å². The number of H-pyrrole nitrogens is 1. The number of hydrogen-bond acceptors (Lipinski definition) is 1. The van der Waals surface area contributed by atoms with Crippen LogP contribution in [-0.4, -0.2) is 16.1 Å². The van der Waals surface area contributed by atoms with Gasteiger partial charge in [-0.25, -0.2) is 4.79 Å². The lowest BCUT2D eigenvalue weighted by atomic mass is 9.98. The highest BCUT2D eigenvalue weighted by molar-refractivity contribution is 6.42. The third kappa shape index (κ3) is 3.32. The van der Waals surface area contributed by atoms with Gasteiger partial charge in [0.1, 0.15) is 5.69 Å². The van der Waals surface area contributed by atoms with E-state index in [1.807, 2.05) is 0 Å². The minimum atomic E-state index is -4.61. The van der Waals surface area contributed by atoms with Gasteiger partial charge in [0.15, 0.2) is 0 Å². The molecule has 0 spiro atoms. The van der Waals surface area contributed by atoms with E-state index < -0.39 is 17.7 Å². The summed E-state index contributed by atoms with van der Waals surface area (Å²) in [4.78, 5) is 14.1. The first-order chi connectivity index (χ1) is 11.7. The molecule has 1 aromatic heterocycles. The molecular weight excluding hydrogens is 378 g/mol. The molecule has 0 unspecified atom stereocenters. The Hall–Kier alpha value is -2.18. The summed E-state index contributed by atoms with van der Waals surface area (Å²) in [7, 11) is 0. The smallest absolute Gasteiger partial charge is 0.417 e. The number of halogens is 5. The maximum Gasteiger partial charge on any atom is 0.417 e. The standard InChI is InChI=1S/C17H10Cl2F3NO2/c18-11-5-4-8(7-12(11)19)6-9-14-10(17(20,21)22)2-1-3-13(14)23-15(9)16(24)25/h1-5,7,23H,6H2,(H,24,25). The number of aromatic amines is 1. The Morgan fingerprint density at radius 2 is 1.84 bits per heavy atom. The normalized spacial score (nSPS) is 11.9. The summed E-state index contributed by atoms with van der Waals surface area (Å²) < 4.78 is 40.1. The van der Waals surface area contributed by atoms with Crippen molar-refractivity contribution < 1.29 is 23.1 Å². The number of benzene rings is 2. The van der Waals surface area contributed by atoms with Crippen LogP contribution in [0.3, 0.4) is 0 Å². The molecule has 2 N–H and O–H groups in total. The zero-order valence-electron chi connectivity index (χ0n) is 12.4. The van der Waals surface area contributed by atoms with Gasteiger partial charge in [0.2, 0.25) is 0 Å². The summed E-state index contributed by atoms with van der Waals surface area (Å²) in [6.45, 7) is 0. The number of carbonyl (C=O) groups is 1. The van der Waals surface area contributed by atoms with Crippen LogP contribution >= 0.6 is 23.2 Å². The number of nitrogens with one attached hydrogen (secondary N) is 1. The Morgan fingerprint density at radius 1 is 1.12 bits per heavy atom. The molecule has 0 atom stereocenters. The molecule has 25 heavy (non-hydrogen) atoms. The van der Waals surface area contributed by atoms with E-state index in [1.165, 1.54) is 24.3 Å². The topological polar surface area (TPSA) is 53.1 Å². The molecule has 3 rings (SSSR count). The quantitative estimate of drug-likeness (QED) is 0.598. The van der Waals surface area contributed by atoms with Crippen molar-refractivity contribution in [1.82, 2.24) is 4.98 Å². The van der Waals surface area contributed by atoms with Crippen LogP contribution in [0.25, 0.3) is 10.9 Å². The van der Waals surface area contributed by atoms with Gasteiger partial charge in [-0.05, 0) is 35.4 Å². The van der Waals surface area contributed by atoms with E-state index in [0.29, 0.717) is 10.6 Å². The van der Waals surface area contributed by atoms with E-state index in [1.54, 1.807) is 6.07 Å². The fourth-order valence-electron chi connectivity index (χ4n) is 2.77. The SMILES string of the molecule is O=C(O)c1[nH]c2cccc(C(F)(F)F)c2c1Cc1ccc(Cl)c(Cl)c1. The van der Waals surface area contributed by atoms with Crippen molar-refractivity contribution in [1.29, 1.82) is 0 Å². The predicted molar refractivity (Wildman–Crippen MR) is 89.5 cm³/mol. The van der Waals surface area contributed by atoms with Crippen molar-refractivity contribution in [2.24, 2.45) is 0 Å². The lowest BCUT2D eigenvalue weighted by Crippen LogP contribution is -2.07. The lowest BCUT2D eigenvalue weighted by molar-refractivity contribution is -0.136. The molecule has 0 aliphatic heterocycles. The average molecular weight is 388 g/mol. The molecule has 1 heterocycles. The number of rotatable bonds is 3. The molecule has 0 aliphatic rings. The highest BCUT2D eigenvalue weighted by atomic mass is 35.5. The molecule has 0 fully saturated rings. The first kappa shape index (κ1) is 17.6. The first-order valence-electron chi connectivity index (χ1n) is 7.06. The maximum atomic E-state index is 13.4. The first-order valence-corrected chi connectivity index (χ1v) is 7.82. The number of fused-ring (bicyclic) bond motifs is 1. The molecule has 3 aromatic rings. The zero-order valence-corrected chi connectivity index (χ0v) is 13.9. The van der Waals surface area contributed by atoms with Crippen molar-refractivity contribution in [3.63, 3.8) is 0 Å². The summed E-state index contributed by atoms with van der Waals surface area (Å²) in [5, 5.41) is 9.77. The van der Waals surface area contributed by atoms with Crippen molar-refractivity contribution in [3.05, 3.63) is 68.8 Å². The molecule has 8 heteroatoms. The number of carboxylic acids is 1. The average Bonchev–Trinajstić information content (AvgIpc) is 2.89. The van der Waals surface area contributed by atoms with E-state index in [2.05, 4.69) is 4.98 Å². The summed E-state index contributed by atoms with van der Waals surface area (Å²) in [5.74, 6) is -1.33. The lowest BCUT2D eigenvalue weighted by Gasteiger charge is -2.10. The molecule has 0 radical (unpaired) electrons. The van der Waals surface area contributed by atoms with Crippen LogP contribution in [-0.2, 0) is 12.6 Å². The minimum Gasteiger partial charge on any atom is -0.477 e. The Morgan fingerprint density at radius 3 is 2.44 bits per heavy atom. The number of alkyl halides is 3. The number of aromatic carboxylic acids is 1. The van der Waals surface area contributed by atoms with Gasteiger partial charge in [-0.3, -0.25) is 0 Å². The number of hydrogen-bond donors (Lipinski definition) is 2. The van der Waals surface area contributed by atoms with Crippen LogP contribution in [0.4, 0.5) is 13.2 Å². The monoisotopic (exact) mass is 387 g/mol. The Bertz CT molecular complexity index is 980. The van der Waals surface area contributed by atoms with Crippen LogP contribution in [0.2, 0.25) is 10.0 Å². The second kappa shape index (κ2) is 6.28. The zero-order chi connectivity index (χ0) is 18.4. The Kier molecular flexibility index (Phi) is 4.43. The maximum absolute atomic E-state index is 13.4. The summed E-state index contributed by atoms with van der Waals surface area (Å²) in [5.41, 5.74) is -0.451. The van der Waals surface area contributed by atoms with E-state index in [9.17, 15) is 23.1 Å². The minimum absolute atomic E-state index is 0.0361. The highest BCUT2D eigenvalue weighted by Crippen LogP contribution is 2.38. The predicted octanol–water partition coefficient (Wildman–Crippen LogP) is 5.78. The molecule has 0 saturated heterocycles.